The van der Waals surface area contributed by atoms with Crippen molar-refractivity contribution in [2.75, 3.05) is 0 Å². The smallest absolute Gasteiger partial charge is 0.00745 e. The molecule has 0 radical (unpaired) electrons. The van der Waals surface area contributed by atoms with Gasteiger partial charge in [-0.25, -0.2) is 0 Å². The molecule has 0 nitrogen and oxygen atoms in total. The van der Waals surface area contributed by atoms with Crippen LogP contribution in [-0.4, -0.2) is 0 Å². The molecule has 0 saturated carbocycles. The van der Waals surface area contributed by atoms with Crippen LogP contribution in [-0.2, 0) is 21.7 Å². The first-order chi connectivity index (χ1) is 10.4. The molecule has 128 valence electrons. The second-order valence-electron chi connectivity index (χ2n) is 10.5. The van der Waals surface area contributed by atoms with Gasteiger partial charge in [0.15, 0.2) is 0 Å². The van der Waals surface area contributed by atoms with Gasteiger partial charge in [-0.05, 0) is 76.0 Å². The average Bonchev–Trinajstić information content (AvgIpc) is 2.48. The third-order valence-electron chi connectivity index (χ3n) is 7.45. The van der Waals surface area contributed by atoms with Gasteiger partial charge < -0.3 is 0 Å². The minimum absolute atomic E-state index is 0.316. The number of benzene rings is 1. The van der Waals surface area contributed by atoms with Crippen LogP contribution in [0.4, 0.5) is 0 Å². The fourth-order valence-corrected chi connectivity index (χ4v) is 4.90. The summed E-state index contributed by atoms with van der Waals surface area (Å²) in [4.78, 5) is 0. The third kappa shape index (κ3) is 2.48. The zero-order valence-corrected chi connectivity index (χ0v) is 16.7. The van der Waals surface area contributed by atoms with Gasteiger partial charge in [-0.15, -0.1) is 0 Å². The van der Waals surface area contributed by atoms with E-state index in [9.17, 15) is 0 Å². The SMILES string of the molecule is CCC1(C)CCC(C)(C)c2cc3c(cc21)C(C)(C)CCC3(C)C. The number of hydrogen-bond acceptors (Lipinski definition) is 0. The lowest BCUT2D eigenvalue weighted by Crippen LogP contribution is -2.39. The van der Waals surface area contributed by atoms with Crippen LogP contribution >= 0.6 is 0 Å². The fraction of sp³-hybridized carbons (Fsp3) is 0.739. The first-order valence-corrected chi connectivity index (χ1v) is 9.63. The van der Waals surface area contributed by atoms with Gasteiger partial charge in [-0.2, -0.15) is 0 Å². The van der Waals surface area contributed by atoms with E-state index >= 15 is 0 Å². The molecule has 2 aliphatic carbocycles. The maximum absolute atomic E-state index is 2.63. The van der Waals surface area contributed by atoms with Crippen LogP contribution < -0.4 is 0 Å². The summed E-state index contributed by atoms with van der Waals surface area (Å²) in [6.07, 6.45) is 6.49. The molecule has 0 aliphatic heterocycles. The zero-order chi connectivity index (χ0) is 17.3. The monoisotopic (exact) mass is 312 g/mol. The van der Waals surface area contributed by atoms with Crippen molar-refractivity contribution >= 4 is 0 Å². The lowest BCUT2D eigenvalue weighted by Gasteiger charge is -2.48. The molecular weight excluding hydrogens is 276 g/mol. The second-order valence-corrected chi connectivity index (χ2v) is 10.5. The van der Waals surface area contributed by atoms with Crippen LogP contribution in [0.25, 0.3) is 0 Å². The lowest BCUT2D eigenvalue weighted by molar-refractivity contribution is 0.295. The van der Waals surface area contributed by atoms with E-state index in [2.05, 4.69) is 67.5 Å². The first kappa shape index (κ1) is 17.1. The van der Waals surface area contributed by atoms with Crippen molar-refractivity contribution in [1.82, 2.24) is 0 Å². The third-order valence-corrected chi connectivity index (χ3v) is 7.45. The summed E-state index contributed by atoms with van der Waals surface area (Å²) in [5.74, 6) is 0. The van der Waals surface area contributed by atoms with E-state index in [0.29, 0.717) is 21.7 Å². The molecule has 0 spiro atoms. The van der Waals surface area contributed by atoms with Gasteiger partial charge in [0.1, 0.15) is 0 Å². The summed E-state index contributed by atoms with van der Waals surface area (Å²) in [6.45, 7) is 19.6. The van der Waals surface area contributed by atoms with Crippen molar-refractivity contribution in [3.63, 3.8) is 0 Å². The van der Waals surface area contributed by atoms with Crippen molar-refractivity contribution in [3.8, 4) is 0 Å². The molecule has 1 aromatic rings. The molecule has 1 aromatic carbocycles. The van der Waals surface area contributed by atoms with Crippen LogP contribution in [0.15, 0.2) is 12.1 Å². The molecular formula is C23H36. The summed E-state index contributed by atoms with van der Waals surface area (Å²) in [5, 5.41) is 0. The van der Waals surface area contributed by atoms with Crippen molar-refractivity contribution in [1.29, 1.82) is 0 Å². The normalized spacial score (nSPS) is 30.4. The summed E-state index contributed by atoms with van der Waals surface area (Å²) in [6, 6.07) is 5.26. The number of fused-ring (bicyclic) bond motifs is 2. The van der Waals surface area contributed by atoms with Crippen molar-refractivity contribution in [3.05, 3.63) is 34.4 Å². The quantitative estimate of drug-likeness (QED) is 0.536. The Morgan fingerprint density at radius 1 is 0.609 bits per heavy atom. The summed E-state index contributed by atoms with van der Waals surface area (Å²) in [5.41, 5.74) is 7.85. The first-order valence-electron chi connectivity index (χ1n) is 9.63. The minimum atomic E-state index is 0.316. The Morgan fingerprint density at radius 2 is 0.957 bits per heavy atom. The van der Waals surface area contributed by atoms with Crippen molar-refractivity contribution in [2.24, 2.45) is 0 Å². The average molecular weight is 313 g/mol. The molecule has 1 unspecified atom stereocenters. The Kier molecular flexibility index (Phi) is 3.61. The van der Waals surface area contributed by atoms with Gasteiger partial charge in [-0.3, -0.25) is 0 Å². The Bertz CT molecular complexity index is 630. The Hall–Kier alpha value is -0.780. The Labute approximate surface area is 144 Å². The van der Waals surface area contributed by atoms with Crippen molar-refractivity contribution < 1.29 is 0 Å². The second kappa shape index (κ2) is 4.87. The largest absolute Gasteiger partial charge is 0.0645 e. The summed E-state index contributed by atoms with van der Waals surface area (Å²) >= 11 is 0. The van der Waals surface area contributed by atoms with E-state index in [4.69, 9.17) is 0 Å². The fourth-order valence-electron chi connectivity index (χ4n) is 4.90. The summed E-state index contributed by atoms with van der Waals surface area (Å²) < 4.78 is 0. The van der Waals surface area contributed by atoms with Gasteiger partial charge in [-0.1, -0.05) is 67.5 Å². The molecule has 0 heteroatoms. The van der Waals surface area contributed by atoms with Crippen LogP contribution in [0.2, 0.25) is 0 Å². The van der Waals surface area contributed by atoms with Crippen LogP contribution in [0.3, 0.4) is 0 Å². The molecule has 0 amide bonds. The highest BCUT2D eigenvalue weighted by Crippen LogP contribution is 2.53. The van der Waals surface area contributed by atoms with Gasteiger partial charge in [0.05, 0.1) is 0 Å². The number of rotatable bonds is 1. The molecule has 0 heterocycles. The highest BCUT2D eigenvalue weighted by atomic mass is 14.5. The molecule has 0 N–H and O–H groups in total. The molecule has 0 aromatic heterocycles. The van der Waals surface area contributed by atoms with Gasteiger partial charge in [0.25, 0.3) is 0 Å². The molecule has 2 aliphatic rings. The van der Waals surface area contributed by atoms with Crippen LogP contribution in [0.5, 0.6) is 0 Å². The zero-order valence-electron chi connectivity index (χ0n) is 16.7. The van der Waals surface area contributed by atoms with Crippen molar-refractivity contribution in [2.45, 2.75) is 109 Å². The minimum Gasteiger partial charge on any atom is -0.0645 e. The molecule has 0 bridgehead atoms. The summed E-state index contributed by atoms with van der Waals surface area (Å²) in [7, 11) is 0. The predicted octanol–water partition coefficient (Wildman–Crippen LogP) is 6.77. The van der Waals surface area contributed by atoms with Gasteiger partial charge in [0.2, 0.25) is 0 Å². The molecule has 3 rings (SSSR count). The predicted molar refractivity (Wildman–Crippen MR) is 102 cm³/mol. The maximum Gasteiger partial charge on any atom is -0.00745 e. The maximum atomic E-state index is 2.63. The molecule has 0 saturated heterocycles. The topological polar surface area (TPSA) is 0 Å². The highest BCUT2D eigenvalue weighted by molar-refractivity contribution is 5.52. The van der Waals surface area contributed by atoms with Crippen LogP contribution in [0.1, 0.15) is 110 Å². The van der Waals surface area contributed by atoms with Gasteiger partial charge in [0, 0.05) is 0 Å². The van der Waals surface area contributed by atoms with Crippen LogP contribution in [0, 0.1) is 0 Å². The number of hydrogen-bond donors (Lipinski definition) is 0. The van der Waals surface area contributed by atoms with E-state index in [0.717, 1.165) is 0 Å². The van der Waals surface area contributed by atoms with E-state index in [-0.39, 0.29) is 0 Å². The van der Waals surface area contributed by atoms with Gasteiger partial charge >= 0.3 is 0 Å². The molecule has 0 fully saturated rings. The lowest BCUT2D eigenvalue weighted by atomic mass is 9.56. The Morgan fingerprint density at radius 3 is 1.39 bits per heavy atom. The van der Waals surface area contributed by atoms with E-state index in [1.54, 1.807) is 22.3 Å². The standard InChI is InChI=1S/C23H36/c1-9-23(8)13-12-22(6,7)18-14-16-17(15-19(18)23)21(4,5)11-10-20(16,2)3/h14-15H,9-13H2,1-8H3. The highest BCUT2D eigenvalue weighted by Gasteiger charge is 2.43. The van der Waals surface area contributed by atoms with E-state index in [1.165, 1.54) is 32.1 Å². The van der Waals surface area contributed by atoms with E-state index < -0.39 is 0 Å². The Balaban J connectivity index is 2.33. The molecule has 23 heavy (non-hydrogen) atoms. The molecule has 1 atom stereocenters. The van der Waals surface area contributed by atoms with E-state index in [1.807, 2.05) is 0 Å².